The zero-order valence-corrected chi connectivity index (χ0v) is 17.3. The van der Waals surface area contributed by atoms with Gasteiger partial charge in [0.1, 0.15) is 5.75 Å². The summed E-state index contributed by atoms with van der Waals surface area (Å²) in [5, 5.41) is 4.96. The van der Waals surface area contributed by atoms with Crippen LogP contribution in [0.2, 0.25) is 0 Å². The van der Waals surface area contributed by atoms with Crippen molar-refractivity contribution in [3.05, 3.63) is 66.4 Å². The number of rotatable bonds is 7. The highest BCUT2D eigenvalue weighted by Gasteiger charge is 2.22. The van der Waals surface area contributed by atoms with Gasteiger partial charge in [-0.2, -0.15) is 5.10 Å². The Balaban J connectivity index is 1.66. The molecule has 0 amide bonds. The van der Waals surface area contributed by atoms with Gasteiger partial charge >= 0.3 is 0 Å². The second-order valence-electron chi connectivity index (χ2n) is 7.71. The standard InChI is InChI=1S/C24H29N3O2/c1-28-18-19-8-7-13-26(15-19)16-21-17-27(22-10-4-3-5-11-22)25-24(21)20-9-6-12-23(14-20)29-2/h3-6,9-12,14,17,19H,7-8,13,15-16,18H2,1-2H3/t19-/m0/s1. The fourth-order valence-electron chi connectivity index (χ4n) is 4.16. The van der Waals surface area contributed by atoms with Crippen molar-refractivity contribution >= 4 is 0 Å². The molecule has 5 heteroatoms. The van der Waals surface area contributed by atoms with Gasteiger partial charge in [-0.05, 0) is 49.6 Å². The zero-order valence-electron chi connectivity index (χ0n) is 17.3. The van der Waals surface area contributed by atoms with Crippen molar-refractivity contribution < 1.29 is 9.47 Å². The van der Waals surface area contributed by atoms with Crippen LogP contribution in [0.4, 0.5) is 0 Å². The van der Waals surface area contributed by atoms with Crippen molar-refractivity contribution in [2.75, 3.05) is 33.9 Å². The lowest BCUT2D eigenvalue weighted by molar-refractivity contribution is 0.0874. The van der Waals surface area contributed by atoms with Gasteiger partial charge in [0.15, 0.2) is 0 Å². The van der Waals surface area contributed by atoms with Gasteiger partial charge in [-0.25, -0.2) is 4.68 Å². The van der Waals surface area contributed by atoms with Crippen LogP contribution in [0.5, 0.6) is 5.75 Å². The Morgan fingerprint density at radius 1 is 1.07 bits per heavy atom. The zero-order chi connectivity index (χ0) is 20.1. The van der Waals surface area contributed by atoms with Crippen molar-refractivity contribution in [1.29, 1.82) is 0 Å². The summed E-state index contributed by atoms with van der Waals surface area (Å²) in [5.74, 6) is 1.46. The molecule has 0 radical (unpaired) electrons. The summed E-state index contributed by atoms with van der Waals surface area (Å²) >= 11 is 0. The lowest BCUT2D eigenvalue weighted by Crippen LogP contribution is -2.36. The topological polar surface area (TPSA) is 39.5 Å². The predicted octanol–water partition coefficient (Wildman–Crippen LogP) is 4.41. The number of benzene rings is 2. The third-order valence-electron chi connectivity index (χ3n) is 5.55. The maximum absolute atomic E-state index is 5.44. The lowest BCUT2D eigenvalue weighted by atomic mass is 9.98. The molecular weight excluding hydrogens is 362 g/mol. The summed E-state index contributed by atoms with van der Waals surface area (Å²) in [4.78, 5) is 2.53. The summed E-state index contributed by atoms with van der Waals surface area (Å²) in [7, 11) is 3.50. The van der Waals surface area contributed by atoms with E-state index in [2.05, 4.69) is 35.4 Å². The number of hydrogen-bond donors (Lipinski definition) is 0. The second-order valence-corrected chi connectivity index (χ2v) is 7.71. The van der Waals surface area contributed by atoms with Gasteiger partial charge in [0.05, 0.1) is 25.1 Å². The number of nitrogens with zero attached hydrogens (tertiary/aromatic N) is 3. The second kappa shape index (κ2) is 9.25. The Hall–Kier alpha value is -2.63. The van der Waals surface area contributed by atoms with Crippen LogP contribution < -0.4 is 4.74 Å². The molecule has 152 valence electrons. The Morgan fingerprint density at radius 2 is 1.93 bits per heavy atom. The number of piperidine rings is 1. The van der Waals surface area contributed by atoms with E-state index in [0.29, 0.717) is 5.92 Å². The number of likely N-dealkylation sites (tertiary alicyclic amines) is 1. The largest absolute Gasteiger partial charge is 0.497 e. The maximum atomic E-state index is 5.44. The first kappa shape index (κ1) is 19.7. The normalized spacial score (nSPS) is 17.4. The molecule has 0 aliphatic carbocycles. The summed E-state index contributed by atoms with van der Waals surface area (Å²) in [5.41, 5.74) is 4.40. The van der Waals surface area contributed by atoms with E-state index >= 15 is 0 Å². The number of para-hydroxylation sites is 1. The van der Waals surface area contributed by atoms with Crippen molar-refractivity contribution in [3.63, 3.8) is 0 Å². The van der Waals surface area contributed by atoms with Gasteiger partial charge in [0, 0.05) is 37.5 Å². The summed E-state index contributed by atoms with van der Waals surface area (Å²) in [6.07, 6.45) is 4.63. The van der Waals surface area contributed by atoms with Crippen LogP contribution in [0.1, 0.15) is 18.4 Å². The summed E-state index contributed by atoms with van der Waals surface area (Å²) < 4.78 is 12.8. The molecular formula is C24H29N3O2. The number of ether oxygens (including phenoxy) is 2. The van der Waals surface area contributed by atoms with Gasteiger partial charge in [-0.3, -0.25) is 4.90 Å². The lowest BCUT2D eigenvalue weighted by Gasteiger charge is -2.32. The molecule has 4 rings (SSSR count). The van der Waals surface area contributed by atoms with Crippen LogP contribution in [0.25, 0.3) is 16.9 Å². The van der Waals surface area contributed by atoms with Crippen LogP contribution in [-0.4, -0.2) is 48.6 Å². The third kappa shape index (κ3) is 4.69. The maximum Gasteiger partial charge on any atom is 0.119 e. The van der Waals surface area contributed by atoms with E-state index in [-0.39, 0.29) is 0 Å². The van der Waals surface area contributed by atoms with Crippen molar-refractivity contribution in [2.24, 2.45) is 5.92 Å². The smallest absolute Gasteiger partial charge is 0.119 e. The molecule has 0 unspecified atom stereocenters. The van der Waals surface area contributed by atoms with Gasteiger partial charge in [0.25, 0.3) is 0 Å². The molecule has 1 aliphatic heterocycles. The van der Waals surface area contributed by atoms with Crippen LogP contribution in [0.3, 0.4) is 0 Å². The molecule has 0 saturated carbocycles. The van der Waals surface area contributed by atoms with Crippen LogP contribution in [0, 0.1) is 5.92 Å². The van der Waals surface area contributed by atoms with Gasteiger partial charge in [0.2, 0.25) is 0 Å². The Morgan fingerprint density at radius 3 is 2.72 bits per heavy atom. The van der Waals surface area contributed by atoms with E-state index in [0.717, 1.165) is 48.9 Å². The quantitative estimate of drug-likeness (QED) is 0.598. The minimum atomic E-state index is 0.609. The minimum absolute atomic E-state index is 0.609. The third-order valence-corrected chi connectivity index (χ3v) is 5.55. The van der Waals surface area contributed by atoms with Crippen LogP contribution in [0.15, 0.2) is 60.8 Å². The fourth-order valence-corrected chi connectivity index (χ4v) is 4.16. The van der Waals surface area contributed by atoms with Crippen LogP contribution >= 0.6 is 0 Å². The number of hydrogen-bond acceptors (Lipinski definition) is 4. The van der Waals surface area contributed by atoms with Crippen molar-refractivity contribution in [3.8, 4) is 22.7 Å². The van der Waals surface area contributed by atoms with Gasteiger partial charge in [-0.15, -0.1) is 0 Å². The van der Waals surface area contributed by atoms with E-state index in [4.69, 9.17) is 14.6 Å². The first-order valence-corrected chi connectivity index (χ1v) is 10.3. The minimum Gasteiger partial charge on any atom is -0.497 e. The molecule has 0 N–H and O–H groups in total. The average Bonchev–Trinajstić information content (AvgIpc) is 3.19. The molecule has 1 fully saturated rings. The molecule has 1 aliphatic rings. The molecule has 1 saturated heterocycles. The van der Waals surface area contributed by atoms with E-state index in [1.54, 1.807) is 14.2 Å². The SMILES string of the molecule is COC[C@H]1CCCN(Cc2cn(-c3ccccc3)nc2-c2cccc(OC)c2)C1. The molecule has 5 nitrogen and oxygen atoms in total. The molecule has 3 aromatic rings. The summed E-state index contributed by atoms with van der Waals surface area (Å²) in [6.45, 7) is 3.91. The Bertz CT molecular complexity index is 921. The molecule has 1 aromatic heterocycles. The fraction of sp³-hybridized carbons (Fsp3) is 0.375. The van der Waals surface area contributed by atoms with E-state index < -0.39 is 0 Å². The van der Waals surface area contributed by atoms with E-state index in [1.165, 1.54) is 18.4 Å². The Labute approximate surface area is 172 Å². The Kier molecular flexibility index (Phi) is 6.27. The highest BCUT2D eigenvalue weighted by molar-refractivity contribution is 5.65. The first-order valence-electron chi connectivity index (χ1n) is 10.3. The van der Waals surface area contributed by atoms with Gasteiger partial charge in [-0.1, -0.05) is 30.3 Å². The van der Waals surface area contributed by atoms with Gasteiger partial charge < -0.3 is 9.47 Å². The highest BCUT2D eigenvalue weighted by atomic mass is 16.5. The number of methoxy groups -OCH3 is 2. The van der Waals surface area contributed by atoms with Crippen molar-refractivity contribution in [1.82, 2.24) is 14.7 Å². The first-order chi connectivity index (χ1) is 14.3. The molecule has 0 bridgehead atoms. The molecule has 29 heavy (non-hydrogen) atoms. The van der Waals surface area contributed by atoms with E-state index in [1.807, 2.05) is 35.0 Å². The monoisotopic (exact) mass is 391 g/mol. The molecule has 1 atom stereocenters. The summed E-state index contributed by atoms with van der Waals surface area (Å²) in [6, 6.07) is 18.4. The highest BCUT2D eigenvalue weighted by Crippen LogP contribution is 2.29. The van der Waals surface area contributed by atoms with E-state index in [9.17, 15) is 0 Å². The molecule has 0 spiro atoms. The van der Waals surface area contributed by atoms with Crippen molar-refractivity contribution in [2.45, 2.75) is 19.4 Å². The number of aromatic nitrogens is 2. The predicted molar refractivity (Wildman–Crippen MR) is 115 cm³/mol. The molecule has 2 heterocycles. The van der Waals surface area contributed by atoms with Crippen LogP contribution in [-0.2, 0) is 11.3 Å². The molecule has 2 aromatic carbocycles. The average molecular weight is 392 g/mol.